The Bertz CT molecular complexity index is 996. The molecule has 0 aliphatic heterocycles. The summed E-state index contributed by atoms with van der Waals surface area (Å²) in [5.41, 5.74) is 1.75. The highest BCUT2D eigenvalue weighted by Crippen LogP contribution is 2.16. The second-order valence-corrected chi connectivity index (χ2v) is 7.20. The normalized spacial score (nSPS) is 11.7. The third-order valence-corrected chi connectivity index (χ3v) is 5.23. The predicted octanol–water partition coefficient (Wildman–Crippen LogP) is 2.31. The molecule has 0 saturated carbocycles. The van der Waals surface area contributed by atoms with Crippen molar-refractivity contribution in [1.29, 1.82) is 0 Å². The van der Waals surface area contributed by atoms with E-state index in [-0.39, 0.29) is 17.1 Å². The van der Waals surface area contributed by atoms with Crippen molar-refractivity contribution in [2.75, 3.05) is 6.54 Å². The highest BCUT2D eigenvalue weighted by atomic mass is 32.2. The van der Waals surface area contributed by atoms with Gasteiger partial charge < -0.3 is 4.57 Å². The first-order valence-electron chi connectivity index (χ1n) is 7.61. The number of hydrogen-bond acceptors (Lipinski definition) is 5. The molecule has 3 aromatic rings. The number of aromatic nitrogens is 2. The van der Waals surface area contributed by atoms with E-state index >= 15 is 0 Å². The lowest BCUT2D eigenvalue weighted by molar-refractivity contribution is -0.384. The van der Waals surface area contributed by atoms with Crippen LogP contribution in [0.15, 0.2) is 59.8 Å². The largest absolute Gasteiger partial charge is 0.331 e. The molecule has 0 bridgehead atoms. The van der Waals surface area contributed by atoms with E-state index in [9.17, 15) is 18.5 Å². The SMILES string of the molecule is O=[N+]([O-])c1ccc(S(=O)(=O)NCCCn2cnc3ccccc32)cc1. The molecule has 1 heterocycles. The molecule has 0 atom stereocenters. The lowest BCUT2D eigenvalue weighted by Gasteiger charge is -2.07. The van der Waals surface area contributed by atoms with Gasteiger partial charge in [0.1, 0.15) is 0 Å². The molecule has 0 fully saturated rings. The van der Waals surface area contributed by atoms with Gasteiger partial charge in [0.2, 0.25) is 10.0 Å². The first kappa shape index (κ1) is 17.1. The highest BCUT2D eigenvalue weighted by Gasteiger charge is 2.15. The van der Waals surface area contributed by atoms with Gasteiger partial charge in [0.25, 0.3) is 5.69 Å². The van der Waals surface area contributed by atoms with Gasteiger partial charge in [0.05, 0.1) is 27.2 Å². The molecule has 0 aliphatic rings. The van der Waals surface area contributed by atoms with Crippen molar-refractivity contribution >= 4 is 26.7 Å². The molecule has 9 heteroatoms. The Hall–Kier alpha value is -2.78. The molecule has 2 aromatic carbocycles. The van der Waals surface area contributed by atoms with Crippen LogP contribution in [0.25, 0.3) is 11.0 Å². The van der Waals surface area contributed by atoms with E-state index in [1.54, 1.807) is 6.33 Å². The summed E-state index contributed by atoms with van der Waals surface area (Å²) in [6.07, 6.45) is 2.32. The van der Waals surface area contributed by atoms with Gasteiger partial charge in [-0.05, 0) is 30.7 Å². The molecule has 130 valence electrons. The first-order valence-corrected chi connectivity index (χ1v) is 9.10. The number of imidazole rings is 1. The van der Waals surface area contributed by atoms with E-state index in [0.717, 1.165) is 11.0 Å². The molecule has 0 amide bonds. The van der Waals surface area contributed by atoms with Gasteiger partial charge in [0, 0.05) is 25.2 Å². The average Bonchev–Trinajstić information content (AvgIpc) is 3.02. The van der Waals surface area contributed by atoms with Crippen LogP contribution in [0.5, 0.6) is 0 Å². The van der Waals surface area contributed by atoms with Gasteiger partial charge in [-0.25, -0.2) is 18.1 Å². The maximum atomic E-state index is 12.2. The molecule has 0 aliphatic carbocycles. The van der Waals surface area contributed by atoms with Crippen molar-refractivity contribution in [1.82, 2.24) is 14.3 Å². The van der Waals surface area contributed by atoms with Gasteiger partial charge >= 0.3 is 0 Å². The number of non-ortho nitro benzene ring substituents is 1. The van der Waals surface area contributed by atoms with Crippen molar-refractivity contribution in [2.24, 2.45) is 0 Å². The molecule has 0 spiro atoms. The van der Waals surface area contributed by atoms with Crippen LogP contribution in [0.4, 0.5) is 5.69 Å². The summed E-state index contributed by atoms with van der Waals surface area (Å²) in [7, 11) is -3.68. The van der Waals surface area contributed by atoms with Crippen molar-refractivity contribution in [3.63, 3.8) is 0 Å². The third-order valence-electron chi connectivity index (χ3n) is 3.75. The molecule has 8 nitrogen and oxygen atoms in total. The number of nitrogens with zero attached hydrogens (tertiary/aromatic N) is 3. The Morgan fingerprint density at radius 2 is 1.84 bits per heavy atom. The number of fused-ring (bicyclic) bond motifs is 1. The number of nitrogens with one attached hydrogen (secondary N) is 1. The van der Waals surface area contributed by atoms with E-state index in [1.807, 2.05) is 28.8 Å². The fraction of sp³-hybridized carbons (Fsp3) is 0.188. The standard InChI is InChI=1S/C16H16N4O4S/c21-20(22)13-6-8-14(9-7-13)25(23,24)18-10-3-11-19-12-17-15-4-1-2-5-16(15)19/h1-2,4-9,12,18H,3,10-11H2. The van der Waals surface area contributed by atoms with Crippen LogP contribution in [0.1, 0.15) is 6.42 Å². The smallest absolute Gasteiger partial charge is 0.269 e. The number of para-hydroxylation sites is 2. The Balaban J connectivity index is 1.58. The second kappa shape index (κ2) is 6.99. The molecular weight excluding hydrogens is 344 g/mol. The van der Waals surface area contributed by atoms with Crippen molar-refractivity contribution in [3.05, 3.63) is 65.0 Å². The van der Waals surface area contributed by atoms with Crippen molar-refractivity contribution in [2.45, 2.75) is 17.9 Å². The molecular formula is C16H16N4O4S. The molecule has 1 aromatic heterocycles. The fourth-order valence-corrected chi connectivity index (χ4v) is 3.55. The summed E-state index contributed by atoms with van der Waals surface area (Å²) in [5.74, 6) is 0. The molecule has 25 heavy (non-hydrogen) atoms. The summed E-state index contributed by atoms with van der Waals surface area (Å²) in [6.45, 7) is 0.884. The van der Waals surface area contributed by atoms with Crippen LogP contribution >= 0.6 is 0 Å². The summed E-state index contributed by atoms with van der Waals surface area (Å²) in [4.78, 5) is 14.3. The number of hydrogen-bond donors (Lipinski definition) is 1. The molecule has 0 saturated heterocycles. The monoisotopic (exact) mass is 360 g/mol. The first-order chi connectivity index (χ1) is 12.0. The van der Waals surface area contributed by atoms with Crippen LogP contribution < -0.4 is 4.72 Å². The second-order valence-electron chi connectivity index (χ2n) is 5.43. The lowest BCUT2D eigenvalue weighted by atomic mass is 10.3. The third kappa shape index (κ3) is 3.83. The number of aryl methyl sites for hydroxylation is 1. The summed E-state index contributed by atoms with van der Waals surface area (Å²) < 4.78 is 28.8. The van der Waals surface area contributed by atoms with Crippen LogP contribution in [-0.2, 0) is 16.6 Å². The highest BCUT2D eigenvalue weighted by molar-refractivity contribution is 7.89. The topological polar surface area (TPSA) is 107 Å². The van der Waals surface area contributed by atoms with Gasteiger partial charge in [-0.2, -0.15) is 0 Å². The predicted molar refractivity (Wildman–Crippen MR) is 92.6 cm³/mol. The van der Waals surface area contributed by atoms with Crippen molar-refractivity contribution in [3.8, 4) is 0 Å². The van der Waals surface area contributed by atoms with Gasteiger partial charge in [-0.1, -0.05) is 12.1 Å². The maximum Gasteiger partial charge on any atom is 0.269 e. The number of nitro groups is 1. The minimum absolute atomic E-state index is 0.00572. The zero-order valence-corrected chi connectivity index (χ0v) is 14.0. The molecule has 3 rings (SSSR count). The number of nitro benzene ring substituents is 1. The summed E-state index contributed by atoms with van der Waals surface area (Å²) in [6, 6.07) is 12.5. The Morgan fingerprint density at radius 3 is 2.56 bits per heavy atom. The van der Waals surface area contributed by atoms with E-state index in [2.05, 4.69) is 9.71 Å². The van der Waals surface area contributed by atoms with Crippen LogP contribution in [-0.4, -0.2) is 29.4 Å². The minimum Gasteiger partial charge on any atom is -0.331 e. The number of rotatable bonds is 7. The quantitative estimate of drug-likeness (QED) is 0.395. The number of sulfonamides is 1. The van der Waals surface area contributed by atoms with Crippen LogP contribution in [0.3, 0.4) is 0 Å². The Kier molecular flexibility index (Phi) is 4.77. The molecule has 0 unspecified atom stereocenters. The summed E-state index contributed by atoms with van der Waals surface area (Å²) >= 11 is 0. The van der Waals surface area contributed by atoms with Gasteiger partial charge in [0.15, 0.2) is 0 Å². The van der Waals surface area contributed by atoms with E-state index in [0.29, 0.717) is 13.0 Å². The molecule has 1 N–H and O–H groups in total. The zero-order valence-electron chi connectivity index (χ0n) is 13.2. The van der Waals surface area contributed by atoms with Gasteiger partial charge in [-0.3, -0.25) is 10.1 Å². The average molecular weight is 360 g/mol. The van der Waals surface area contributed by atoms with E-state index in [4.69, 9.17) is 0 Å². The van der Waals surface area contributed by atoms with Crippen molar-refractivity contribution < 1.29 is 13.3 Å². The number of benzene rings is 2. The Labute approximate surface area is 144 Å². The lowest BCUT2D eigenvalue weighted by Crippen LogP contribution is -2.25. The Morgan fingerprint density at radius 1 is 1.12 bits per heavy atom. The minimum atomic E-state index is -3.68. The van der Waals surface area contributed by atoms with E-state index < -0.39 is 14.9 Å². The summed E-state index contributed by atoms with van der Waals surface area (Å²) in [5, 5.41) is 10.6. The van der Waals surface area contributed by atoms with E-state index in [1.165, 1.54) is 24.3 Å². The van der Waals surface area contributed by atoms with Crippen LogP contribution in [0.2, 0.25) is 0 Å². The maximum absolute atomic E-state index is 12.2. The fourth-order valence-electron chi connectivity index (χ4n) is 2.47. The zero-order chi connectivity index (χ0) is 17.9. The van der Waals surface area contributed by atoms with Gasteiger partial charge in [-0.15, -0.1) is 0 Å². The molecule has 0 radical (unpaired) electrons. The van der Waals surface area contributed by atoms with Crippen LogP contribution in [0, 0.1) is 10.1 Å².